The number of amides is 3. The van der Waals surface area contributed by atoms with E-state index in [1.807, 2.05) is 81.4 Å². The summed E-state index contributed by atoms with van der Waals surface area (Å²) >= 11 is 0. The van der Waals surface area contributed by atoms with E-state index in [9.17, 15) is 19.5 Å². The van der Waals surface area contributed by atoms with E-state index in [1.54, 1.807) is 0 Å². The number of carbonyl (C=O) groups is 3. The summed E-state index contributed by atoms with van der Waals surface area (Å²) in [4.78, 5) is 43.6. The van der Waals surface area contributed by atoms with Crippen molar-refractivity contribution in [3.8, 4) is 0 Å². The number of likely N-dealkylation sites (tertiary alicyclic amines) is 1. The van der Waals surface area contributed by atoms with Crippen LogP contribution in [0.3, 0.4) is 0 Å². The van der Waals surface area contributed by atoms with Crippen LogP contribution in [-0.2, 0) is 32.2 Å². The maximum Gasteiger partial charge on any atom is 0.246 e. The molecule has 3 fully saturated rings. The highest BCUT2D eigenvalue weighted by atomic mass is 16.5. The van der Waals surface area contributed by atoms with E-state index in [0.29, 0.717) is 32.4 Å². The van der Waals surface area contributed by atoms with Crippen molar-refractivity contribution in [2.24, 2.45) is 17.8 Å². The first-order valence-electron chi connectivity index (χ1n) is 14.0. The normalized spacial score (nSPS) is 29.9. The summed E-state index contributed by atoms with van der Waals surface area (Å²) in [7, 11) is 0. The Kier molecular flexibility index (Phi) is 7.53. The molecular formula is C31H39N3O5. The van der Waals surface area contributed by atoms with Crippen LogP contribution >= 0.6 is 0 Å². The molecular weight excluding hydrogens is 494 g/mol. The van der Waals surface area contributed by atoms with E-state index < -0.39 is 35.1 Å². The lowest BCUT2D eigenvalue weighted by Crippen LogP contribution is -2.58. The number of aliphatic hydroxyl groups excluding tert-OH is 1. The van der Waals surface area contributed by atoms with Gasteiger partial charge in [-0.05, 0) is 36.3 Å². The van der Waals surface area contributed by atoms with Crippen LogP contribution in [0.5, 0.6) is 0 Å². The van der Waals surface area contributed by atoms with Gasteiger partial charge in [-0.25, -0.2) is 0 Å². The highest BCUT2D eigenvalue weighted by Gasteiger charge is 2.79. The molecule has 2 aromatic carbocycles. The van der Waals surface area contributed by atoms with Crippen molar-refractivity contribution in [2.45, 2.75) is 76.4 Å². The van der Waals surface area contributed by atoms with E-state index in [0.717, 1.165) is 11.1 Å². The Labute approximate surface area is 230 Å². The van der Waals surface area contributed by atoms with Gasteiger partial charge in [-0.15, -0.1) is 0 Å². The zero-order valence-electron chi connectivity index (χ0n) is 22.9. The van der Waals surface area contributed by atoms with E-state index in [-0.39, 0.29) is 30.2 Å². The van der Waals surface area contributed by atoms with Gasteiger partial charge in [0.15, 0.2) is 0 Å². The molecule has 0 aliphatic carbocycles. The third kappa shape index (κ3) is 4.53. The Balaban J connectivity index is 1.49. The zero-order chi connectivity index (χ0) is 27.8. The monoisotopic (exact) mass is 533 g/mol. The average molecular weight is 534 g/mol. The summed E-state index contributed by atoms with van der Waals surface area (Å²) in [5, 5.41) is 16.4. The van der Waals surface area contributed by atoms with E-state index in [2.05, 4.69) is 10.6 Å². The first kappa shape index (κ1) is 27.3. The third-order valence-corrected chi connectivity index (χ3v) is 9.08. The van der Waals surface area contributed by atoms with Gasteiger partial charge < -0.3 is 25.4 Å². The van der Waals surface area contributed by atoms with Gasteiger partial charge in [0.05, 0.1) is 30.1 Å². The van der Waals surface area contributed by atoms with Crippen LogP contribution in [-0.4, -0.2) is 57.6 Å². The molecule has 2 aromatic rings. The second-order valence-corrected chi connectivity index (χ2v) is 11.5. The number of rotatable bonds is 10. The quantitative estimate of drug-likeness (QED) is 0.435. The predicted octanol–water partition coefficient (Wildman–Crippen LogP) is 2.79. The van der Waals surface area contributed by atoms with Crippen LogP contribution in [0, 0.1) is 17.8 Å². The Hall–Kier alpha value is -3.23. The number of benzene rings is 2. The molecule has 0 radical (unpaired) electrons. The van der Waals surface area contributed by atoms with E-state index >= 15 is 0 Å². The summed E-state index contributed by atoms with van der Waals surface area (Å²) in [5.74, 6) is -2.42. The molecule has 3 aliphatic heterocycles. The molecule has 3 saturated heterocycles. The molecule has 8 heteroatoms. The molecule has 6 atom stereocenters. The van der Waals surface area contributed by atoms with Gasteiger partial charge in [-0.1, -0.05) is 81.4 Å². The molecule has 0 saturated carbocycles. The summed E-state index contributed by atoms with van der Waals surface area (Å²) in [6, 6.07) is 17.7. The molecule has 39 heavy (non-hydrogen) atoms. The van der Waals surface area contributed by atoms with Crippen molar-refractivity contribution in [1.82, 2.24) is 15.5 Å². The molecule has 3 aliphatic rings. The van der Waals surface area contributed by atoms with Crippen molar-refractivity contribution >= 4 is 17.7 Å². The number of nitrogens with one attached hydrogen (secondary N) is 2. The van der Waals surface area contributed by atoms with Crippen LogP contribution in [0.15, 0.2) is 60.7 Å². The van der Waals surface area contributed by atoms with Crippen LogP contribution in [0.1, 0.15) is 51.2 Å². The molecule has 2 bridgehead atoms. The lowest BCUT2D eigenvalue weighted by atomic mass is 9.65. The van der Waals surface area contributed by atoms with Crippen molar-refractivity contribution in [2.75, 3.05) is 6.61 Å². The van der Waals surface area contributed by atoms with E-state index in [1.165, 1.54) is 4.90 Å². The van der Waals surface area contributed by atoms with Crippen molar-refractivity contribution in [1.29, 1.82) is 0 Å². The number of carbonyl (C=O) groups excluding carboxylic acids is 3. The number of nitrogens with zero attached hydrogens (tertiary/aromatic N) is 1. The van der Waals surface area contributed by atoms with Crippen LogP contribution in [0.25, 0.3) is 0 Å². The van der Waals surface area contributed by atoms with Gasteiger partial charge in [-0.3, -0.25) is 14.4 Å². The highest BCUT2D eigenvalue weighted by Crippen LogP contribution is 2.64. The number of fused-ring (bicyclic) bond motifs is 1. The molecule has 5 rings (SSSR count). The predicted molar refractivity (Wildman–Crippen MR) is 146 cm³/mol. The van der Waals surface area contributed by atoms with Crippen molar-refractivity contribution in [3.05, 3.63) is 71.8 Å². The fraction of sp³-hybridized carbons (Fsp3) is 0.516. The Morgan fingerprint density at radius 2 is 1.54 bits per heavy atom. The molecule has 0 aromatic heterocycles. The zero-order valence-corrected chi connectivity index (χ0v) is 22.9. The number of ether oxygens (including phenoxy) is 1. The van der Waals surface area contributed by atoms with Crippen molar-refractivity contribution in [3.63, 3.8) is 0 Å². The summed E-state index contributed by atoms with van der Waals surface area (Å²) in [6.07, 6.45) is 1.67. The second-order valence-electron chi connectivity index (χ2n) is 11.5. The minimum atomic E-state index is -1.12. The maximum absolute atomic E-state index is 14.3. The van der Waals surface area contributed by atoms with Gasteiger partial charge in [0.2, 0.25) is 17.7 Å². The highest BCUT2D eigenvalue weighted by molar-refractivity contribution is 5.99. The van der Waals surface area contributed by atoms with Crippen LogP contribution in [0.2, 0.25) is 0 Å². The minimum Gasteiger partial charge on any atom is -0.394 e. The van der Waals surface area contributed by atoms with Gasteiger partial charge >= 0.3 is 0 Å². The fourth-order valence-corrected chi connectivity index (χ4v) is 7.11. The Morgan fingerprint density at radius 3 is 2.05 bits per heavy atom. The SMILES string of the molecule is CC[C@@]12CCC3(O1)C(C(=O)NCc1ccccc1)N([C@@H](CO)C(C)C)C(=O)[C@@H]3[C@@H]2C(=O)NCc1ccccc1. The summed E-state index contributed by atoms with van der Waals surface area (Å²) in [6.45, 7) is 6.21. The van der Waals surface area contributed by atoms with Crippen molar-refractivity contribution < 1.29 is 24.2 Å². The Bertz CT molecular complexity index is 1210. The van der Waals surface area contributed by atoms with Gasteiger partial charge in [0.25, 0.3) is 0 Å². The molecule has 8 nitrogen and oxygen atoms in total. The van der Waals surface area contributed by atoms with Gasteiger partial charge in [0, 0.05) is 13.1 Å². The minimum absolute atomic E-state index is 0.0960. The topological polar surface area (TPSA) is 108 Å². The lowest BCUT2D eigenvalue weighted by molar-refractivity contribution is -0.152. The molecule has 3 amide bonds. The Morgan fingerprint density at radius 1 is 0.974 bits per heavy atom. The largest absolute Gasteiger partial charge is 0.394 e. The van der Waals surface area contributed by atoms with Crippen LogP contribution in [0.4, 0.5) is 0 Å². The number of hydrogen-bond acceptors (Lipinski definition) is 5. The van der Waals surface area contributed by atoms with Crippen LogP contribution < -0.4 is 10.6 Å². The summed E-state index contributed by atoms with van der Waals surface area (Å²) in [5.41, 5.74) is -0.0196. The number of hydrogen-bond donors (Lipinski definition) is 3. The summed E-state index contributed by atoms with van der Waals surface area (Å²) < 4.78 is 6.80. The fourth-order valence-electron chi connectivity index (χ4n) is 7.11. The number of aliphatic hydroxyl groups is 1. The third-order valence-electron chi connectivity index (χ3n) is 9.08. The molecule has 208 valence electrons. The lowest BCUT2D eigenvalue weighted by Gasteiger charge is -2.38. The van der Waals surface area contributed by atoms with Gasteiger partial charge in [-0.2, -0.15) is 0 Å². The average Bonchev–Trinajstić information content (AvgIpc) is 3.56. The maximum atomic E-state index is 14.3. The molecule has 2 unspecified atom stereocenters. The van der Waals surface area contributed by atoms with Gasteiger partial charge in [0.1, 0.15) is 11.6 Å². The molecule has 3 heterocycles. The smallest absolute Gasteiger partial charge is 0.246 e. The van der Waals surface area contributed by atoms with E-state index in [4.69, 9.17) is 4.74 Å². The first-order chi connectivity index (χ1) is 18.8. The second kappa shape index (κ2) is 10.7. The molecule has 3 N–H and O–H groups in total. The first-order valence-corrected chi connectivity index (χ1v) is 14.0. The standard InChI is InChI=1S/C31H39N3O5/c1-4-30-15-16-31(39-30)25(24(30)27(36)32-17-21-11-7-5-8-12-21)29(38)34(23(19-35)20(2)3)26(31)28(37)33-18-22-13-9-6-10-14-22/h5-14,20,23-26,35H,4,15-19H2,1-3H3,(H,32,36)(H,33,37)/t23-,24+,25-,26?,30-,31?/m0/s1. The molecule has 1 spiro atoms.